The summed E-state index contributed by atoms with van der Waals surface area (Å²) in [4.78, 5) is 17.9. The van der Waals surface area contributed by atoms with Crippen LogP contribution in [0.4, 0.5) is 5.95 Å². The van der Waals surface area contributed by atoms with E-state index in [1.165, 1.54) is 0 Å². The van der Waals surface area contributed by atoms with Crippen molar-refractivity contribution in [3.8, 4) is 11.5 Å². The standard InChI is InChI=1S/C23H31BrN4O4S/c1-6-9-10-32-21(29)18-14(4)25-22-26-23(33-11-7-2)27-28(22)19(18)15-12-16(24)20(30-5)17(13-15)31-8-3/h12-13,19H,6-11H2,1-5H3,(H,25,26,27). The fraction of sp³-hybridized carbons (Fsp3) is 0.522. The maximum atomic E-state index is 13.2. The van der Waals surface area contributed by atoms with Crippen molar-refractivity contribution >= 4 is 39.6 Å². The Morgan fingerprint density at radius 1 is 1.27 bits per heavy atom. The molecule has 0 radical (unpaired) electrons. The van der Waals surface area contributed by atoms with Crippen LogP contribution >= 0.6 is 27.7 Å². The molecular weight excluding hydrogens is 508 g/mol. The van der Waals surface area contributed by atoms with Crippen LogP contribution in [0.15, 0.2) is 33.0 Å². The first-order chi connectivity index (χ1) is 15.9. The monoisotopic (exact) mass is 538 g/mol. The maximum absolute atomic E-state index is 13.2. The molecule has 3 rings (SSSR count). The first-order valence-electron chi connectivity index (χ1n) is 11.2. The molecule has 0 spiro atoms. The fourth-order valence-corrected chi connectivity index (χ4v) is 4.86. The van der Waals surface area contributed by atoms with E-state index in [0.29, 0.717) is 47.1 Å². The van der Waals surface area contributed by atoms with Gasteiger partial charge in [-0.05, 0) is 60.3 Å². The Morgan fingerprint density at radius 2 is 2.06 bits per heavy atom. The van der Waals surface area contributed by atoms with Gasteiger partial charge in [0.25, 0.3) is 0 Å². The van der Waals surface area contributed by atoms with E-state index in [2.05, 4.69) is 40.1 Å². The highest BCUT2D eigenvalue weighted by molar-refractivity contribution is 9.10. The van der Waals surface area contributed by atoms with Crippen molar-refractivity contribution < 1.29 is 19.0 Å². The third-order valence-corrected chi connectivity index (χ3v) is 6.70. The Hall–Kier alpha value is -2.20. The topological polar surface area (TPSA) is 87.5 Å². The number of methoxy groups -OCH3 is 1. The number of nitrogens with one attached hydrogen (secondary N) is 1. The molecule has 180 valence electrons. The van der Waals surface area contributed by atoms with Crippen LogP contribution in [0, 0.1) is 0 Å². The highest BCUT2D eigenvalue weighted by atomic mass is 79.9. The first kappa shape index (κ1) is 25.4. The lowest BCUT2D eigenvalue weighted by Crippen LogP contribution is -2.30. The average molecular weight is 539 g/mol. The fourth-order valence-electron chi connectivity index (χ4n) is 3.55. The Balaban J connectivity index is 2.12. The minimum absolute atomic E-state index is 0.368. The second-order valence-electron chi connectivity index (χ2n) is 7.53. The highest BCUT2D eigenvalue weighted by Gasteiger charge is 2.36. The predicted molar refractivity (Wildman–Crippen MR) is 133 cm³/mol. The third kappa shape index (κ3) is 5.66. The van der Waals surface area contributed by atoms with E-state index in [-0.39, 0.29) is 5.97 Å². The van der Waals surface area contributed by atoms with Gasteiger partial charge in [-0.1, -0.05) is 32.0 Å². The number of carbonyl (C=O) groups is 1. The number of nitrogens with zero attached hydrogens (tertiary/aromatic N) is 3. The van der Waals surface area contributed by atoms with Crippen molar-refractivity contribution in [1.29, 1.82) is 0 Å². The molecule has 0 saturated carbocycles. The van der Waals surface area contributed by atoms with Crippen molar-refractivity contribution in [2.45, 2.75) is 58.2 Å². The first-order valence-corrected chi connectivity index (χ1v) is 13.0. The molecule has 33 heavy (non-hydrogen) atoms. The van der Waals surface area contributed by atoms with Crippen molar-refractivity contribution in [3.63, 3.8) is 0 Å². The number of carbonyl (C=O) groups excluding carboxylic acids is 1. The van der Waals surface area contributed by atoms with E-state index in [0.717, 1.165) is 35.1 Å². The van der Waals surface area contributed by atoms with Crippen LogP contribution in [0.3, 0.4) is 0 Å². The normalized spacial score (nSPS) is 15.2. The lowest BCUT2D eigenvalue weighted by molar-refractivity contribution is -0.139. The number of anilines is 1. The Bertz CT molecular complexity index is 1020. The number of allylic oxidation sites excluding steroid dienone is 1. The van der Waals surface area contributed by atoms with Gasteiger partial charge in [0.1, 0.15) is 6.04 Å². The van der Waals surface area contributed by atoms with Gasteiger partial charge in [0, 0.05) is 11.4 Å². The maximum Gasteiger partial charge on any atom is 0.338 e. The summed E-state index contributed by atoms with van der Waals surface area (Å²) in [6.07, 6.45) is 2.77. The molecule has 8 nitrogen and oxygen atoms in total. The molecule has 10 heteroatoms. The van der Waals surface area contributed by atoms with E-state index in [1.54, 1.807) is 23.6 Å². The summed E-state index contributed by atoms with van der Waals surface area (Å²) in [5.74, 6) is 2.31. The molecular formula is C23H31BrN4O4S. The number of halogens is 1. The second-order valence-corrected chi connectivity index (χ2v) is 9.45. The van der Waals surface area contributed by atoms with Gasteiger partial charge < -0.3 is 19.5 Å². The van der Waals surface area contributed by atoms with Gasteiger partial charge in [-0.15, -0.1) is 5.10 Å². The number of hydrogen-bond donors (Lipinski definition) is 1. The third-order valence-electron chi connectivity index (χ3n) is 5.07. The molecule has 1 aromatic carbocycles. The summed E-state index contributed by atoms with van der Waals surface area (Å²) in [5.41, 5.74) is 2.00. The zero-order chi connectivity index (χ0) is 24.0. The van der Waals surface area contributed by atoms with E-state index in [1.807, 2.05) is 26.0 Å². The summed E-state index contributed by atoms with van der Waals surface area (Å²) in [6.45, 7) is 8.80. The summed E-state index contributed by atoms with van der Waals surface area (Å²) in [5, 5.41) is 8.64. The van der Waals surface area contributed by atoms with Crippen molar-refractivity contribution in [2.24, 2.45) is 0 Å². The molecule has 2 heterocycles. The Morgan fingerprint density at radius 3 is 2.73 bits per heavy atom. The number of benzene rings is 1. The number of fused-ring (bicyclic) bond motifs is 1. The number of esters is 1. The molecule has 0 aliphatic carbocycles. The molecule has 0 amide bonds. The van der Waals surface area contributed by atoms with Crippen LogP contribution in [0.25, 0.3) is 0 Å². The van der Waals surface area contributed by atoms with E-state index in [4.69, 9.17) is 19.3 Å². The van der Waals surface area contributed by atoms with Crippen LogP contribution in [0.2, 0.25) is 0 Å². The molecule has 0 bridgehead atoms. The van der Waals surface area contributed by atoms with Crippen LogP contribution in [0.5, 0.6) is 11.5 Å². The molecule has 1 aromatic heterocycles. The molecule has 0 saturated heterocycles. The van der Waals surface area contributed by atoms with E-state index >= 15 is 0 Å². The summed E-state index contributed by atoms with van der Waals surface area (Å²) < 4.78 is 19.5. The summed E-state index contributed by atoms with van der Waals surface area (Å²) >= 11 is 5.18. The molecule has 1 unspecified atom stereocenters. The molecule has 1 aliphatic rings. The Kier molecular flexibility index (Phi) is 9.08. The summed E-state index contributed by atoms with van der Waals surface area (Å²) in [6, 6.07) is 3.29. The second kappa shape index (κ2) is 11.8. The van der Waals surface area contributed by atoms with E-state index < -0.39 is 6.04 Å². The van der Waals surface area contributed by atoms with Gasteiger partial charge in [0.15, 0.2) is 11.5 Å². The van der Waals surface area contributed by atoms with Crippen molar-refractivity contribution in [3.05, 3.63) is 33.4 Å². The van der Waals surface area contributed by atoms with Crippen molar-refractivity contribution in [1.82, 2.24) is 14.8 Å². The number of aromatic nitrogens is 3. The molecule has 2 aromatic rings. The van der Waals surface area contributed by atoms with Gasteiger partial charge in [0.05, 0.1) is 30.4 Å². The van der Waals surface area contributed by atoms with Gasteiger partial charge in [0.2, 0.25) is 11.1 Å². The lowest BCUT2D eigenvalue weighted by Gasteiger charge is -2.28. The average Bonchev–Trinajstić information content (AvgIpc) is 3.19. The SMILES string of the molecule is CCCCOC(=O)C1=C(C)Nc2nc(SCCC)nn2C1c1cc(Br)c(OC)c(OCC)c1. The van der Waals surface area contributed by atoms with Crippen molar-refractivity contribution in [2.75, 3.05) is 31.4 Å². The highest BCUT2D eigenvalue weighted by Crippen LogP contribution is 2.43. The number of unbranched alkanes of at least 4 members (excludes halogenated alkanes) is 1. The number of thioether (sulfide) groups is 1. The zero-order valence-electron chi connectivity index (χ0n) is 19.7. The van der Waals surface area contributed by atoms with Crippen LogP contribution in [-0.2, 0) is 9.53 Å². The van der Waals surface area contributed by atoms with Gasteiger partial charge >= 0.3 is 5.97 Å². The van der Waals surface area contributed by atoms with Gasteiger partial charge in [-0.2, -0.15) is 4.98 Å². The predicted octanol–water partition coefficient (Wildman–Crippen LogP) is 5.58. The number of hydrogen-bond acceptors (Lipinski definition) is 8. The van der Waals surface area contributed by atoms with Gasteiger partial charge in [-0.25, -0.2) is 9.48 Å². The van der Waals surface area contributed by atoms with Crippen LogP contribution in [0.1, 0.15) is 58.6 Å². The molecule has 1 atom stereocenters. The number of ether oxygens (including phenoxy) is 3. The lowest BCUT2D eigenvalue weighted by atomic mass is 9.95. The molecule has 0 fully saturated rings. The smallest absolute Gasteiger partial charge is 0.338 e. The zero-order valence-corrected chi connectivity index (χ0v) is 22.1. The molecule has 1 aliphatic heterocycles. The largest absolute Gasteiger partial charge is 0.492 e. The van der Waals surface area contributed by atoms with E-state index in [9.17, 15) is 4.79 Å². The van der Waals surface area contributed by atoms with Gasteiger partial charge in [-0.3, -0.25) is 0 Å². The van der Waals surface area contributed by atoms with Crippen LogP contribution in [-0.4, -0.2) is 46.8 Å². The minimum Gasteiger partial charge on any atom is -0.492 e. The van der Waals surface area contributed by atoms with Crippen LogP contribution < -0.4 is 14.8 Å². The minimum atomic E-state index is -0.528. The Labute approximate surface area is 207 Å². The molecule has 1 N–H and O–H groups in total. The number of rotatable bonds is 11. The quantitative estimate of drug-likeness (QED) is 0.225. The summed E-state index contributed by atoms with van der Waals surface area (Å²) in [7, 11) is 1.60.